The number of aryl methyl sites for hydroxylation is 2. The van der Waals surface area contributed by atoms with Crippen molar-refractivity contribution >= 4 is 56.5 Å². The van der Waals surface area contributed by atoms with Gasteiger partial charge in [0.1, 0.15) is 4.83 Å². The molecule has 0 bridgehead atoms. The molecule has 0 N–H and O–H groups in total. The monoisotopic (exact) mass is 454 g/mol. The minimum absolute atomic E-state index is 0.0948. The molecule has 8 heteroatoms. The topological polar surface area (TPSA) is 60.2 Å². The number of fused-ring (bicyclic) bond motifs is 5. The summed E-state index contributed by atoms with van der Waals surface area (Å²) in [4.78, 5) is 20.2. The minimum Gasteiger partial charge on any atom is -0.293 e. The van der Waals surface area contributed by atoms with E-state index in [9.17, 15) is 4.79 Å². The molecule has 0 amide bonds. The van der Waals surface area contributed by atoms with Crippen LogP contribution in [-0.2, 0) is 12.8 Å². The predicted molar refractivity (Wildman–Crippen MR) is 125 cm³/mol. The average Bonchev–Trinajstić information content (AvgIpc) is 3.33. The third-order valence-electron chi connectivity index (χ3n) is 5.17. The van der Waals surface area contributed by atoms with E-state index in [4.69, 9.17) is 4.98 Å². The molecule has 5 rings (SSSR count). The highest BCUT2D eigenvalue weighted by atomic mass is 32.2. The fourth-order valence-corrected chi connectivity index (χ4v) is 6.87. The van der Waals surface area contributed by atoms with E-state index in [2.05, 4.69) is 28.4 Å². The Morgan fingerprint density at radius 2 is 1.93 bits per heavy atom. The molecule has 5 nitrogen and oxygen atoms in total. The maximum atomic E-state index is 12.6. The zero-order valence-electron chi connectivity index (χ0n) is 16.9. The maximum absolute atomic E-state index is 12.6. The Morgan fingerprint density at radius 3 is 2.73 bits per heavy atom. The van der Waals surface area contributed by atoms with Crippen LogP contribution in [0.2, 0.25) is 0 Å². The van der Waals surface area contributed by atoms with Crippen LogP contribution in [0.1, 0.15) is 47.5 Å². The number of hydrogen-bond acceptors (Lipinski definition) is 7. The van der Waals surface area contributed by atoms with Gasteiger partial charge in [0.2, 0.25) is 0 Å². The van der Waals surface area contributed by atoms with Crippen LogP contribution < -0.4 is 0 Å². The van der Waals surface area contributed by atoms with E-state index in [1.807, 2.05) is 41.7 Å². The Morgan fingerprint density at radius 1 is 1.13 bits per heavy atom. The van der Waals surface area contributed by atoms with E-state index >= 15 is 0 Å². The highest BCUT2D eigenvalue weighted by Crippen LogP contribution is 2.40. The Bertz CT molecular complexity index is 1230. The standard InChI is InChI=1S/C22H22N4OS3/c1-13(2)29-21-23-20-18(15-10-6-7-11-17(15)30-20)19-24-25-22(26(19)21)28-12-16(27)14-8-4-3-5-9-14/h3-5,8-9,13H,6-7,10-12H2,1-2H3. The smallest absolute Gasteiger partial charge is 0.198 e. The van der Waals surface area contributed by atoms with Crippen LogP contribution in [0.25, 0.3) is 15.9 Å². The lowest BCUT2D eigenvalue weighted by molar-refractivity contribution is 0.102. The highest BCUT2D eigenvalue weighted by Gasteiger charge is 2.24. The number of thiophene rings is 1. The molecule has 1 aliphatic carbocycles. The number of carbonyl (C=O) groups is 1. The van der Waals surface area contributed by atoms with Gasteiger partial charge in [-0.1, -0.05) is 67.7 Å². The molecule has 0 atom stereocenters. The zero-order chi connectivity index (χ0) is 20.7. The molecular formula is C22H22N4OS3. The van der Waals surface area contributed by atoms with Crippen molar-refractivity contribution in [3.05, 3.63) is 46.3 Å². The van der Waals surface area contributed by atoms with E-state index in [1.54, 1.807) is 11.8 Å². The van der Waals surface area contributed by atoms with Gasteiger partial charge in [-0.3, -0.25) is 4.79 Å². The molecule has 0 fully saturated rings. The summed E-state index contributed by atoms with van der Waals surface area (Å²) in [6.07, 6.45) is 4.69. The van der Waals surface area contributed by atoms with Gasteiger partial charge >= 0.3 is 0 Å². The third kappa shape index (κ3) is 3.65. The van der Waals surface area contributed by atoms with Crippen molar-refractivity contribution < 1.29 is 4.79 Å². The summed E-state index contributed by atoms with van der Waals surface area (Å²) in [5.41, 5.74) is 3.02. The molecule has 0 saturated heterocycles. The molecule has 3 aromatic heterocycles. The van der Waals surface area contributed by atoms with Gasteiger partial charge in [0.05, 0.1) is 11.1 Å². The molecule has 3 heterocycles. The average molecular weight is 455 g/mol. The molecule has 154 valence electrons. The van der Waals surface area contributed by atoms with Crippen LogP contribution in [0.3, 0.4) is 0 Å². The van der Waals surface area contributed by atoms with E-state index in [1.165, 1.54) is 35.0 Å². The van der Waals surface area contributed by atoms with Crippen LogP contribution >= 0.6 is 34.9 Å². The molecule has 1 aliphatic rings. The fourth-order valence-electron chi connectivity index (χ4n) is 3.82. The van der Waals surface area contributed by atoms with E-state index in [-0.39, 0.29) is 5.78 Å². The molecule has 0 spiro atoms. The molecule has 0 radical (unpaired) electrons. The van der Waals surface area contributed by atoms with Gasteiger partial charge in [-0.25, -0.2) is 9.38 Å². The van der Waals surface area contributed by atoms with Gasteiger partial charge < -0.3 is 0 Å². The summed E-state index contributed by atoms with van der Waals surface area (Å²) in [5.74, 6) is 0.425. The SMILES string of the molecule is CC(C)Sc1nc2sc3c(c2c2nnc(SCC(=O)c4ccccc4)n12)CCCC3. The number of thioether (sulfide) groups is 2. The molecule has 30 heavy (non-hydrogen) atoms. The summed E-state index contributed by atoms with van der Waals surface area (Å²) in [5, 5.41) is 12.3. The van der Waals surface area contributed by atoms with E-state index in [0.717, 1.165) is 44.6 Å². The Balaban J connectivity index is 1.58. The lowest BCUT2D eigenvalue weighted by Gasteiger charge is -2.11. The number of Topliss-reactive ketones (excluding diaryl/α,β-unsaturated/α-hetero) is 1. The van der Waals surface area contributed by atoms with Crippen molar-refractivity contribution in [3.8, 4) is 0 Å². The number of ketones is 1. The number of benzene rings is 1. The van der Waals surface area contributed by atoms with Crippen molar-refractivity contribution in [1.82, 2.24) is 19.6 Å². The number of hydrogen-bond donors (Lipinski definition) is 0. The first kappa shape index (κ1) is 20.0. The van der Waals surface area contributed by atoms with Crippen molar-refractivity contribution in [2.75, 3.05) is 5.75 Å². The molecule has 0 saturated carbocycles. The summed E-state index contributed by atoms with van der Waals surface area (Å²) in [6.45, 7) is 4.33. The van der Waals surface area contributed by atoms with Gasteiger partial charge in [-0.05, 0) is 31.2 Å². The van der Waals surface area contributed by atoms with Crippen molar-refractivity contribution in [3.63, 3.8) is 0 Å². The summed E-state index contributed by atoms with van der Waals surface area (Å²) < 4.78 is 2.07. The van der Waals surface area contributed by atoms with Crippen LogP contribution in [0.4, 0.5) is 0 Å². The van der Waals surface area contributed by atoms with Crippen LogP contribution in [-0.4, -0.2) is 36.4 Å². The molecule has 4 aromatic rings. The van der Waals surface area contributed by atoms with Crippen LogP contribution in [0.15, 0.2) is 40.6 Å². The predicted octanol–water partition coefficient (Wildman–Crippen LogP) is 5.69. The number of nitrogens with zero attached hydrogens (tertiary/aromatic N) is 4. The largest absolute Gasteiger partial charge is 0.293 e. The maximum Gasteiger partial charge on any atom is 0.198 e. The lowest BCUT2D eigenvalue weighted by atomic mass is 9.97. The second kappa shape index (κ2) is 8.32. The molecule has 0 aliphatic heterocycles. The number of aromatic nitrogens is 4. The normalized spacial score (nSPS) is 14.0. The second-order valence-corrected chi connectivity index (χ2v) is 11.2. The van der Waals surface area contributed by atoms with Gasteiger partial charge in [0.15, 0.2) is 21.7 Å². The van der Waals surface area contributed by atoms with Gasteiger partial charge in [0, 0.05) is 15.7 Å². The van der Waals surface area contributed by atoms with Crippen molar-refractivity contribution in [2.24, 2.45) is 0 Å². The van der Waals surface area contributed by atoms with E-state index in [0.29, 0.717) is 11.0 Å². The van der Waals surface area contributed by atoms with Gasteiger partial charge in [-0.15, -0.1) is 21.5 Å². The first-order chi connectivity index (χ1) is 14.6. The highest BCUT2D eigenvalue weighted by molar-refractivity contribution is 8.00. The van der Waals surface area contributed by atoms with Gasteiger partial charge in [0.25, 0.3) is 0 Å². The minimum atomic E-state index is 0.0948. The van der Waals surface area contributed by atoms with Crippen molar-refractivity contribution in [2.45, 2.75) is 55.1 Å². The Labute approximate surface area is 187 Å². The zero-order valence-corrected chi connectivity index (χ0v) is 19.4. The second-order valence-electron chi connectivity index (χ2n) is 7.67. The first-order valence-corrected chi connectivity index (χ1v) is 12.9. The number of carbonyl (C=O) groups excluding carboxylic acids is 1. The van der Waals surface area contributed by atoms with Crippen molar-refractivity contribution in [1.29, 1.82) is 0 Å². The van der Waals surface area contributed by atoms with Crippen LogP contribution in [0.5, 0.6) is 0 Å². The molecular weight excluding hydrogens is 432 g/mol. The van der Waals surface area contributed by atoms with Gasteiger partial charge in [-0.2, -0.15) is 0 Å². The lowest BCUT2D eigenvalue weighted by Crippen LogP contribution is -2.05. The number of rotatable bonds is 6. The summed E-state index contributed by atoms with van der Waals surface area (Å²) >= 11 is 4.97. The quantitative estimate of drug-likeness (QED) is 0.212. The van der Waals surface area contributed by atoms with Crippen LogP contribution in [0, 0.1) is 0 Å². The summed E-state index contributed by atoms with van der Waals surface area (Å²) in [7, 11) is 0. The molecule has 0 unspecified atom stereocenters. The van der Waals surface area contributed by atoms with E-state index < -0.39 is 0 Å². The summed E-state index contributed by atoms with van der Waals surface area (Å²) in [6, 6.07) is 9.41. The Hall–Kier alpha value is -1.90. The third-order valence-corrected chi connectivity index (χ3v) is 8.24. The fraction of sp³-hybridized carbons (Fsp3) is 0.364. The Kier molecular flexibility index (Phi) is 5.56. The molecule has 1 aromatic carbocycles. The first-order valence-electron chi connectivity index (χ1n) is 10.2.